The summed E-state index contributed by atoms with van der Waals surface area (Å²) in [6.07, 6.45) is 0. The fraction of sp³-hybridized carbons (Fsp3) is 0. The molecule has 0 atom stereocenters. The van der Waals surface area contributed by atoms with Gasteiger partial charge in [-0.15, -0.1) is 0 Å². The second kappa shape index (κ2) is 7.88. The Morgan fingerprint density at radius 1 is 1.11 bits per heavy atom. The van der Waals surface area contributed by atoms with Gasteiger partial charge in [0.2, 0.25) is 0 Å². The monoisotopic (exact) mass is 308 g/mol. The zero-order chi connectivity index (χ0) is 12.2. The second-order valence-electron chi connectivity index (χ2n) is 2.53. The Kier molecular flexibility index (Phi) is 8.31. The normalized spacial score (nSPS) is 8.94. The van der Waals surface area contributed by atoms with Crippen molar-refractivity contribution >= 4 is 56.3 Å². The number of hydrogen-bond acceptors (Lipinski definition) is 6. The minimum absolute atomic E-state index is 0. The minimum atomic E-state index is -4.40. The first-order valence-electron chi connectivity index (χ1n) is 3.76. The lowest BCUT2D eigenvalue weighted by Crippen LogP contribution is -1.98. The maximum absolute atomic E-state index is 11.0. The first-order chi connectivity index (χ1) is 7.49. The highest BCUT2D eigenvalue weighted by atomic mass is 32.2. The molecule has 0 bridgehead atoms. The van der Waals surface area contributed by atoms with Gasteiger partial charge in [0.15, 0.2) is 0 Å². The summed E-state index contributed by atoms with van der Waals surface area (Å²) in [4.78, 5) is 6.69. The van der Waals surface area contributed by atoms with Gasteiger partial charge in [0.05, 0.1) is 21.7 Å². The molecular formula is C8H8N2O5S3. The van der Waals surface area contributed by atoms with Crippen LogP contribution in [0.3, 0.4) is 0 Å². The van der Waals surface area contributed by atoms with Crippen LogP contribution in [0.4, 0.5) is 11.4 Å². The Balaban J connectivity index is 0. The van der Waals surface area contributed by atoms with Gasteiger partial charge in [-0.3, -0.25) is 4.55 Å². The molecule has 98 valence electrons. The van der Waals surface area contributed by atoms with Crippen molar-refractivity contribution in [2.45, 2.75) is 4.90 Å². The molecule has 0 radical (unpaired) electrons. The maximum atomic E-state index is 11.0. The van der Waals surface area contributed by atoms with Crippen LogP contribution in [0.5, 0.6) is 0 Å². The lowest BCUT2D eigenvalue weighted by atomic mass is 10.3. The van der Waals surface area contributed by atoms with Crippen molar-refractivity contribution in [1.29, 1.82) is 0 Å². The van der Waals surface area contributed by atoms with Gasteiger partial charge in [-0.2, -0.15) is 18.4 Å². The van der Waals surface area contributed by atoms with Crippen molar-refractivity contribution < 1.29 is 23.9 Å². The minimum Gasteiger partial charge on any atom is -0.412 e. The lowest BCUT2D eigenvalue weighted by molar-refractivity contribution is 0.483. The fourth-order valence-corrected chi connectivity index (χ4v) is 1.82. The Morgan fingerprint density at radius 3 is 2.11 bits per heavy atom. The van der Waals surface area contributed by atoms with Gasteiger partial charge >= 0.3 is 0 Å². The summed E-state index contributed by atoms with van der Waals surface area (Å²) in [7, 11) is -4.40. The highest BCUT2D eigenvalue weighted by Crippen LogP contribution is 2.28. The van der Waals surface area contributed by atoms with E-state index >= 15 is 0 Å². The van der Waals surface area contributed by atoms with Crippen molar-refractivity contribution in [3.05, 3.63) is 18.2 Å². The van der Waals surface area contributed by atoms with Gasteiger partial charge in [-0.1, -0.05) is 0 Å². The van der Waals surface area contributed by atoms with Gasteiger partial charge in [0.25, 0.3) is 10.1 Å². The van der Waals surface area contributed by atoms with Crippen LogP contribution in [0.15, 0.2) is 33.1 Å². The predicted molar refractivity (Wildman–Crippen MR) is 72.9 cm³/mol. The molecule has 0 aromatic heterocycles. The number of hydrogen-bond donors (Lipinski definition) is 1. The molecular weight excluding hydrogens is 300 g/mol. The van der Waals surface area contributed by atoms with Crippen LogP contribution < -0.4 is 0 Å². The highest BCUT2D eigenvalue weighted by molar-refractivity contribution is 7.86. The molecule has 0 heterocycles. The number of rotatable bonds is 3. The molecule has 0 unspecified atom stereocenters. The smallest absolute Gasteiger partial charge is 0.296 e. The van der Waals surface area contributed by atoms with Gasteiger partial charge < -0.3 is 11.0 Å². The number of benzene rings is 1. The molecule has 0 fully saturated rings. The van der Waals surface area contributed by atoms with Crippen LogP contribution >= 0.6 is 24.4 Å². The Bertz CT molecular complexity index is 616. The zero-order valence-electron chi connectivity index (χ0n) is 8.61. The van der Waals surface area contributed by atoms with E-state index in [1.165, 1.54) is 12.1 Å². The molecule has 0 spiro atoms. The number of nitrogens with zero attached hydrogens (tertiary/aromatic N) is 2. The quantitative estimate of drug-likeness (QED) is 0.498. The van der Waals surface area contributed by atoms with Crippen LogP contribution in [-0.4, -0.2) is 34.2 Å². The topological polar surface area (TPSA) is 142 Å². The summed E-state index contributed by atoms with van der Waals surface area (Å²) < 4.78 is 31.0. The standard InChI is InChI=1S/C8H4N2O3S3.2H2O/c11-16(12,13)8-3-6(9-4-14)1-2-7(8)10-5-15;;/h1-3H,(H,11,12,13);2*1H2. The third kappa shape index (κ3) is 4.88. The molecule has 0 aliphatic rings. The largest absolute Gasteiger partial charge is 0.412 e. The maximum Gasteiger partial charge on any atom is 0.296 e. The molecule has 0 amide bonds. The van der Waals surface area contributed by atoms with Crippen LogP contribution in [0.2, 0.25) is 0 Å². The summed E-state index contributed by atoms with van der Waals surface area (Å²) in [6, 6.07) is 3.90. The van der Waals surface area contributed by atoms with Gasteiger partial charge in [-0.05, 0) is 42.6 Å². The Labute approximate surface area is 113 Å². The van der Waals surface area contributed by atoms with Crippen LogP contribution in [-0.2, 0) is 10.1 Å². The first-order valence-corrected chi connectivity index (χ1v) is 6.02. The first kappa shape index (κ1) is 19.0. The molecule has 0 aliphatic heterocycles. The van der Waals surface area contributed by atoms with E-state index in [9.17, 15) is 8.42 Å². The number of thiocarbonyl (C=S) groups is 2. The zero-order valence-corrected chi connectivity index (χ0v) is 11.1. The highest BCUT2D eigenvalue weighted by Gasteiger charge is 2.15. The van der Waals surface area contributed by atoms with E-state index in [1.54, 1.807) is 0 Å². The molecule has 10 heteroatoms. The van der Waals surface area contributed by atoms with Crippen LogP contribution in [0, 0.1) is 0 Å². The predicted octanol–water partition coefficient (Wildman–Crippen LogP) is 0.752. The van der Waals surface area contributed by atoms with E-state index in [4.69, 9.17) is 4.55 Å². The summed E-state index contributed by atoms with van der Waals surface area (Å²) in [5, 5.41) is 4.09. The third-order valence-electron chi connectivity index (χ3n) is 1.56. The molecule has 5 N–H and O–H groups in total. The van der Waals surface area contributed by atoms with Gasteiger partial charge in [-0.25, -0.2) is 0 Å². The molecule has 0 saturated heterocycles. The van der Waals surface area contributed by atoms with Crippen LogP contribution in [0.1, 0.15) is 0 Å². The van der Waals surface area contributed by atoms with E-state index in [-0.39, 0.29) is 22.3 Å². The summed E-state index contributed by atoms with van der Waals surface area (Å²) in [5.74, 6) is 0. The van der Waals surface area contributed by atoms with E-state index < -0.39 is 15.0 Å². The Morgan fingerprint density at radius 2 is 1.67 bits per heavy atom. The summed E-state index contributed by atoms with van der Waals surface area (Å²) in [6.45, 7) is 0. The molecule has 0 saturated carbocycles. The van der Waals surface area contributed by atoms with Crippen molar-refractivity contribution in [1.82, 2.24) is 0 Å². The van der Waals surface area contributed by atoms with Gasteiger partial charge in [0.1, 0.15) is 4.90 Å². The molecule has 7 nitrogen and oxygen atoms in total. The molecule has 1 aromatic carbocycles. The SMILES string of the molecule is O.O.O=S(=O)(O)c1cc(N=C=S)ccc1N=C=S. The average Bonchev–Trinajstić information content (AvgIpc) is 2.19. The third-order valence-corrected chi connectivity index (χ3v) is 2.63. The van der Waals surface area contributed by atoms with Crippen molar-refractivity contribution in [3.63, 3.8) is 0 Å². The average molecular weight is 308 g/mol. The van der Waals surface area contributed by atoms with Gasteiger partial charge in [0, 0.05) is 0 Å². The number of isothiocyanates is 2. The van der Waals surface area contributed by atoms with Crippen molar-refractivity contribution in [2.24, 2.45) is 9.98 Å². The molecule has 1 rings (SSSR count). The molecule has 18 heavy (non-hydrogen) atoms. The number of aliphatic imine (C=N–C) groups is 2. The van der Waals surface area contributed by atoms with Crippen molar-refractivity contribution in [3.8, 4) is 0 Å². The summed E-state index contributed by atoms with van der Waals surface area (Å²) in [5.41, 5.74) is 0.228. The van der Waals surface area contributed by atoms with E-state index in [2.05, 4.69) is 39.6 Å². The van der Waals surface area contributed by atoms with E-state index in [0.29, 0.717) is 0 Å². The molecule has 0 aliphatic carbocycles. The van der Waals surface area contributed by atoms with Crippen LogP contribution in [0.25, 0.3) is 0 Å². The Hall–Kier alpha value is -1.35. The second-order valence-corrected chi connectivity index (χ2v) is 4.29. The van der Waals surface area contributed by atoms with Crippen molar-refractivity contribution in [2.75, 3.05) is 0 Å². The molecule has 1 aromatic rings. The fourth-order valence-electron chi connectivity index (χ4n) is 0.973. The lowest BCUT2D eigenvalue weighted by Gasteiger charge is -2.01. The summed E-state index contributed by atoms with van der Waals surface area (Å²) >= 11 is 8.73. The van der Waals surface area contributed by atoms with E-state index in [0.717, 1.165) is 6.07 Å². The van der Waals surface area contributed by atoms with E-state index in [1.807, 2.05) is 5.16 Å².